The number of hydrogen-bond acceptors (Lipinski definition) is 7. The van der Waals surface area contributed by atoms with Gasteiger partial charge in [0, 0.05) is 13.0 Å². The second-order valence-electron chi connectivity index (χ2n) is 9.00. The number of hydrogen-bond donors (Lipinski definition) is 2. The topological polar surface area (TPSA) is 128 Å². The molecule has 0 saturated heterocycles. The number of alkyl carbamates (subject to hydrolysis) is 1. The largest absolute Gasteiger partial charge is 0.491 e. The summed E-state index contributed by atoms with van der Waals surface area (Å²) in [5, 5.41) is 20.5. The van der Waals surface area contributed by atoms with E-state index in [2.05, 4.69) is 20.6 Å². The number of aryl methyl sites for hydroxylation is 2. The summed E-state index contributed by atoms with van der Waals surface area (Å²) in [5.74, 6) is -0.502. The Labute approximate surface area is 209 Å². The number of carbonyl (C=O) groups is 2. The maximum atomic E-state index is 12.2. The normalized spacial score (nSPS) is 17.4. The van der Waals surface area contributed by atoms with Crippen LogP contribution in [-0.2, 0) is 29.7 Å². The number of benzene rings is 1. The van der Waals surface area contributed by atoms with E-state index in [9.17, 15) is 14.7 Å². The molecule has 190 valence electrons. The molecule has 1 aliphatic carbocycles. The molecule has 2 heterocycles. The van der Waals surface area contributed by atoms with Crippen molar-refractivity contribution in [3.63, 3.8) is 0 Å². The first-order chi connectivity index (χ1) is 17.4. The van der Waals surface area contributed by atoms with Crippen LogP contribution in [0.4, 0.5) is 4.79 Å². The lowest BCUT2D eigenvalue weighted by Gasteiger charge is -2.28. The molecule has 2 unspecified atom stereocenters. The third kappa shape index (κ3) is 6.18. The summed E-state index contributed by atoms with van der Waals surface area (Å²) in [6, 6.07) is 13.1. The molecule has 0 aliphatic heterocycles. The number of aliphatic carboxylic acids is 1. The summed E-state index contributed by atoms with van der Waals surface area (Å²) >= 11 is 0. The number of rotatable bonds is 9. The van der Waals surface area contributed by atoms with Crippen molar-refractivity contribution in [1.29, 1.82) is 0 Å². The van der Waals surface area contributed by atoms with Crippen LogP contribution in [0, 0.1) is 18.8 Å². The number of nitrogens with zero attached hydrogens (tertiary/aromatic N) is 4. The fraction of sp³-hybridized carbons (Fsp3) is 0.423. The van der Waals surface area contributed by atoms with Crippen molar-refractivity contribution in [1.82, 2.24) is 25.3 Å². The van der Waals surface area contributed by atoms with Crippen LogP contribution < -0.4 is 10.1 Å². The van der Waals surface area contributed by atoms with E-state index in [0.717, 1.165) is 24.8 Å². The molecule has 3 aromatic rings. The Morgan fingerprint density at radius 1 is 1.14 bits per heavy atom. The number of pyridine rings is 1. The van der Waals surface area contributed by atoms with Gasteiger partial charge in [0.05, 0.1) is 36.2 Å². The lowest BCUT2D eigenvalue weighted by Crippen LogP contribution is -2.31. The summed E-state index contributed by atoms with van der Waals surface area (Å²) in [6.45, 7) is 2.54. The number of amides is 1. The molecule has 1 fully saturated rings. The fourth-order valence-corrected chi connectivity index (χ4v) is 4.47. The van der Waals surface area contributed by atoms with Crippen molar-refractivity contribution in [2.45, 2.75) is 45.8 Å². The maximum Gasteiger partial charge on any atom is 0.407 e. The minimum Gasteiger partial charge on any atom is -0.491 e. The molecular weight excluding hydrogens is 462 g/mol. The summed E-state index contributed by atoms with van der Waals surface area (Å²) in [4.78, 5) is 28.4. The van der Waals surface area contributed by atoms with Crippen LogP contribution >= 0.6 is 0 Å². The third-order valence-electron chi connectivity index (χ3n) is 6.51. The number of ether oxygens (including phenoxy) is 2. The van der Waals surface area contributed by atoms with Gasteiger partial charge in [0.1, 0.15) is 18.1 Å². The minimum atomic E-state index is -0.749. The van der Waals surface area contributed by atoms with Gasteiger partial charge >= 0.3 is 12.1 Å². The van der Waals surface area contributed by atoms with E-state index in [0.29, 0.717) is 41.6 Å². The first kappa shape index (κ1) is 25.2. The highest BCUT2D eigenvalue weighted by Gasteiger charge is 2.31. The third-order valence-corrected chi connectivity index (χ3v) is 6.51. The van der Waals surface area contributed by atoms with Crippen LogP contribution in [0.3, 0.4) is 0 Å². The van der Waals surface area contributed by atoms with Gasteiger partial charge in [0.2, 0.25) is 0 Å². The Balaban J connectivity index is 1.37. The molecular formula is C26H31N5O5. The van der Waals surface area contributed by atoms with E-state index in [4.69, 9.17) is 9.47 Å². The molecule has 2 aromatic heterocycles. The van der Waals surface area contributed by atoms with E-state index >= 15 is 0 Å². The van der Waals surface area contributed by atoms with Gasteiger partial charge in [0.15, 0.2) is 0 Å². The van der Waals surface area contributed by atoms with Gasteiger partial charge in [-0.3, -0.25) is 4.79 Å². The van der Waals surface area contributed by atoms with Gasteiger partial charge in [-0.15, -0.1) is 5.10 Å². The molecule has 2 atom stereocenters. The van der Waals surface area contributed by atoms with E-state index in [-0.39, 0.29) is 25.0 Å². The zero-order valence-corrected chi connectivity index (χ0v) is 20.5. The number of carboxylic acids is 1. The van der Waals surface area contributed by atoms with Crippen molar-refractivity contribution in [2.75, 3.05) is 6.61 Å². The second-order valence-corrected chi connectivity index (χ2v) is 9.00. The monoisotopic (exact) mass is 493 g/mol. The van der Waals surface area contributed by atoms with Crippen LogP contribution in [0.2, 0.25) is 0 Å². The average molecular weight is 494 g/mol. The molecule has 10 heteroatoms. The van der Waals surface area contributed by atoms with Gasteiger partial charge in [0.25, 0.3) is 0 Å². The highest BCUT2D eigenvalue weighted by atomic mass is 16.5. The van der Waals surface area contributed by atoms with Crippen molar-refractivity contribution < 1.29 is 24.2 Å². The number of nitrogens with one attached hydrogen (secondary N) is 1. The van der Waals surface area contributed by atoms with Crippen molar-refractivity contribution in [3.8, 4) is 17.1 Å². The number of carbonyl (C=O) groups excluding carboxylic acids is 1. The molecule has 1 aromatic carbocycles. The van der Waals surface area contributed by atoms with Crippen LogP contribution in [-0.4, -0.2) is 43.8 Å². The molecule has 36 heavy (non-hydrogen) atoms. The van der Waals surface area contributed by atoms with Gasteiger partial charge in [-0.1, -0.05) is 48.4 Å². The molecule has 0 radical (unpaired) electrons. The Kier molecular flexibility index (Phi) is 8.14. The van der Waals surface area contributed by atoms with Gasteiger partial charge in [-0.2, -0.15) is 0 Å². The number of aromatic nitrogens is 4. The Hall–Kier alpha value is -3.95. The van der Waals surface area contributed by atoms with E-state index in [1.54, 1.807) is 17.8 Å². The Morgan fingerprint density at radius 3 is 2.67 bits per heavy atom. The van der Waals surface area contributed by atoms with Crippen LogP contribution in [0.1, 0.15) is 42.6 Å². The molecule has 2 N–H and O–H groups in total. The van der Waals surface area contributed by atoms with E-state index < -0.39 is 12.1 Å². The first-order valence-electron chi connectivity index (χ1n) is 12.1. The summed E-state index contributed by atoms with van der Waals surface area (Å²) < 4.78 is 12.8. The van der Waals surface area contributed by atoms with Crippen molar-refractivity contribution in [2.24, 2.45) is 18.9 Å². The second kappa shape index (κ2) is 11.7. The van der Waals surface area contributed by atoms with Crippen molar-refractivity contribution in [3.05, 3.63) is 59.4 Å². The Bertz CT molecular complexity index is 1200. The quantitative estimate of drug-likeness (QED) is 0.460. The maximum absolute atomic E-state index is 12.2. The zero-order chi connectivity index (χ0) is 25.5. The smallest absolute Gasteiger partial charge is 0.407 e. The highest BCUT2D eigenvalue weighted by Crippen LogP contribution is 2.31. The van der Waals surface area contributed by atoms with E-state index in [1.807, 2.05) is 43.3 Å². The summed E-state index contributed by atoms with van der Waals surface area (Å²) in [5.41, 5.74) is 3.40. The molecule has 1 amide bonds. The highest BCUT2D eigenvalue weighted by molar-refractivity contribution is 5.70. The molecule has 4 rings (SSSR count). The summed E-state index contributed by atoms with van der Waals surface area (Å²) in [7, 11) is 1.75. The van der Waals surface area contributed by atoms with Gasteiger partial charge in [-0.25, -0.2) is 14.5 Å². The molecule has 1 saturated carbocycles. The molecule has 0 spiro atoms. The lowest BCUT2D eigenvalue weighted by atomic mass is 9.80. The van der Waals surface area contributed by atoms with Crippen LogP contribution in [0.25, 0.3) is 11.4 Å². The SMILES string of the molecule is Cc1nc(-c2nnn(C)c2CNC(=O)OCc2ccccc2)ccc1OCC1CCCCC1C(=O)O. The van der Waals surface area contributed by atoms with Crippen LogP contribution in [0.5, 0.6) is 5.75 Å². The molecule has 10 nitrogen and oxygen atoms in total. The van der Waals surface area contributed by atoms with Gasteiger partial charge < -0.3 is 19.9 Å². The lowest BCUT2D eigenvalue weighted by molar-refractivity contribution is -0.145. The van der Waals surface area contributed by atoms with Crippen LogP contribution in [0.15, 0.2) is 42.5 Å². The molecule has 1 aliphatic rings. The van der Waals surface area contributed by atoms with Crippen molar-refractivity contribution >= 4 is 12.1 Å². The molecule has 0 bridgehead atoms. The predicted molar refractivity (Wildman–Crippen MR) is 131 cm³/mol. The summed E-state index contributed by atoms with van der Waals surface area (Å²) in [6.07, 6.45) is 2.98. The predicted octanol–water partition coefficient (Wildman–Crippen LogP) is 3.88. The average Bonchev–Trinajstić information content (AvgIpc) is 3.26. The Morgan fingerprint density at radius 2 is 1.92 bits per heavy atom. The zero-order valence-electron chi connectivity index (χ0n) is 20.5. The van der Waals surface area contributed by atoms with E-state index in [1.165, 1.54) is 0 Å². The standard InChI is InChI=1S/C26H31N5O5/c1-17-23(35-16-19-10-6-7-11-20(19)25(32)33)13-12-21(28-17)24-22(31(2)30-29-24)14-27-26(34)36-15-18-8-4-3-5-9-18/h3-5,8-9,12-13,19-20H,6-7,10-11,14-16H2,1-2H3,(H,27,34)(H,32,33). The first-order valence-corrected chi connectivity index (χ1v) is 12.1. The van der Waals surface area contributed by atoms with Gasteiger partial charge in [-0.05, 0) is 37.5 Å². The fourth-order valence-electron chi connectivity index (χ4n) is 4.47. The minimum absolute atomic E-state index is 0.00496. The number of carboxylic acid groups (broad SMARTS) is 1.